The Morgan fingerprint density at radius 1 is 0.657 bits per heavy atom. The van der Waals surface area contributed by atoms with Crippen molar-refractivity contribution in [3.05, 3.63) is 129 Å². The van der Waals surface area contributed by atoms with Gasteiger partial charge >= 0.3 is 0 Å². The molecular weight excluding hydrogens is 484 g/mol. The second-order valence-electron chi connectivity index (χ2n) is 8.35. The Bertz CT molecular complexity index is 1520. The number of hydrogen-bond donors (Lipinski definition) is 0. The van der Waals surface area contributed by atoms with Gasteiger partial charge in [0.05, 0.1) is 0 Å². The molecule has 4 aromatic rings. The normalized spacial score (nSPS) is 19.6. The third kappa shape index (κ3) is 2.73. The predicted octanol–water partition coefficient (Wildman–Crippen LogP) is 5.33. The van der Waals surface area contributed by atoms with E-state index >= 15 is 8.78 Å². The number of benzene rings is 4. The molecule has 0 unspecified atom stereocenters. The third-order valence-corrected chi connectivity index (χ3v) is 7.50. The zero-order valence-corrected chi connectivity index (χ0v) is 18.4. The monoisotopic (exact) mass is 497 g/mol. The second-order valence-corrected chi connectivity index (χ2v) is 9.66. The van der Waals surface area contributed by atoms with Crippen LogP contribution in [0, 0.1) is 23.3 Å². The molecule has 0 fully saturated rings. The van der Waals surface area contributed by atoms with Gasteiger partial charge in [0.25, 0.3) is 0 Å². The van der Waals surface area contributed by atoms with E-state index < -0.39 is 49.6 Å². The number of hydrogen-bond acceptors (Lipinski definition) is 4. The van der Waals surface area contributed by atoms with E-state index in [1.807, 2.05) is 18.2 Å². The molecule has 0 saturated carbocycles. The standard InChI is InChI=1S/C26H14F4O4S/c27-20-22(29)25(35(31,32)33)23(30)21(28)24(20)34-26-16-10-4-1-7-13(16)19(14-8-2-5-11-17(14)26)15-9-3-6-12-18(15)26/h1-12,19H,(H,31,32,33)/p-1. The Morgan fingerprint density at radius 3 is 1.40 bits per heavy atom. The fourth-order valence-electron chi connectivity index (χ4n) is 5.36. The quantitative estimate of drug-likeness (QED) is 0.218. The van der Waals surface area contributed by atoms with Crippen LogP contribution in [0.5, 0.6) is 5.75 Å². The molecule has 0 N–H and O–H groups in total. The van der Waals surface area contributed by atoms with Gasteiger partial charge in [-0.1, -0.05) is 72.8 Å². The topological polar surface area (TPSA) is 66.4 Å². The van der Waals surface area contributed by atoms with Crippen LogP contribution in [0.2, 0.25) is 0 Å². The van der Waals surface area contributed by atoms with Gasteiger partial charge in [-0.25, -0.2) is 17.2 Å². The van der Waals surface area contributed by atoms with Gasteiger partial charge in [0.1, 0.15) is 15.0 Å². The Hall–Kier alpha value is -3.69. The van der Waals surface area contributed by atoms with Gasteiger partial charge in [-0.2, -0.15) is 8.78 Å². The van der Waals surface area contributed by atoms with Crippen molar-refractivity contribution in [2.24, 2.45) is 0 Å². The first-order valence-corrected chi connectivity index (χ1v) is 11.9. The molecule has 0 atom stereocenters. The summed E-state index contributed by atoms with van der Waals surface area (Å²) in [5.74, 6) is -10.6. The Morgan fingerprint density at radius 2 is 1.03 bits per heavy atom. The van der Waals surface area contributed by atoms with Crippen LogP contribution in [0.4, 0.5) is 17.6 Å². The highest BCUT2D eigenvalue weighted by Gasteiger charge is 2.54. The molecule has 0 spiro atoms. The molecule has 0 heterocycles. The van der Waals surface area contributed by atoms with E-state index in [0.29, 0.717) is 16.7 Å². The lowest BCUT2D eigenvalue weighted by Gasteiger charge is -2.50. The summed E-state index contributed by atoms with van der Waals surface area (Å²) in [4.78, 5) is -2.23. The van der Waals surface area contributed by atoms with Crippen LogP contribution in [-0.4, -0.2) is 13.0 Å². The smallest absolute Gasteiger partial charge is 0.205 e. The molecule has 3 aliphatic rings. The number of halogens is 4. The van der Waals surface area contributed by atoms with Crippen molar-refractivity contribution in [1.29, 1.82) is 0 Å². The third-order valence-electron chi connectivity index (χ3n) is 6.64. The van der Waals surface area contributed by atoms with E-state index in [1.54, 1.807) is 54.6 Å². The maximum absolute atomic E-state index is 15.1. The van der Waals surface area contributed by atoms with Crippen LogP contribution < -0.4 is 4.74 Å². The van der Waals surface area contributed by atoms with Crippen LogP contribution in [0.15, 0.2) is 77.7 Å². The highest BCUT2D eigenvalue weighted by molar-refractivity contribution is 7.85. The average Bonchev–Trinajstić information content (AvgIpc) is 2.85. The molecular formula is C26H13F4O4S-. The fourth-order valence-corrected chi connectivity index (χ4v) is 5.98. The zero-order chi connectivity index (χ0) is 24.7. The molecule has 0 amide bonds. The molecule has 4 aromatic carbocycles. The van der Waals surface area contributed by atoms with Crippen molar-refractivity contribution in [1.82, 2.24) is 0 Å². The van der Waals surface area contributed by atoms with E-state index in [-0.39, 0.29) is 5.92 Å². The van der Waals surface area contributed by atoms with Crippen LogP contribution in [0.3, 0.4) is 0 Å². The van der Waals surface area contributed by atoms with Gasteiger partial charge < -0.3 is 9.29 Å². The minimum atomic E-state index is -5.85. The van der Waals surface area contributed by atoms with Crippen molar-refractivity contribution in [3.8, 4) is 5.75 Å². The van der Waals surface area contributed by atoms with Gasteiger partial charge in [-0.15, -0.1) is 0 Å². The van der Waals surface area contributed by atoms with Crippen molar-refractivity contribution >= 4 is 10.1 Å². The summed E-state index contributed by atoms with van der Waals surface area (Å²) < 4.78 is 99.4. The molecule has 9 heteroatoms. The highest BCUT2D eigenvalue weighted by atomic mass is 32.2. The largest absolute Gasteiger partial charge is 0.744 e. The molecule has 4 nitrogen and oxygen atoms in total. The maximum atomic E-state index is 15.1. The van der Waals surface area contributed by atoms with Crippen molar-refractivity contribution < 1.29 is 35.3 Å². The molecule has 3 aliphatic carbocycles. The fraction of sp³-hybridized carbons (Fsp3) is 0.0769. The van der Waals surface area contributed by atoms with Gasteiger partial charge in [-0.05, 0) is 16.7 Å². The van der Waals surface area contributed by atoms with Crippen molar-refractivity contribution in [3.63, 3.8) is 0 Å². The van der Waals surface area contributed by atoms with E-state index in [1.165, 1.54) is 0 Å². The van der Waals surface area contributed by atoms with Crippen molar-refractivity contribution in [2.75, 3.05) is 0 Å². The summed E-state index contributed by atoms with van der Waals surface area (Å²) in [5, 5.41) is 0. The second kappa shape index (κ2) is 7.16. The lowest BCUT2D eigenvalue weighted by atomic mass is 9.58. The van der Waals surface area contributed by atoms with Crippen molar-refractivity contribution in [2.45, 2.75) is 16.4 Å². The first-order valence-electron chi connectivity index (χ1n) is 10.5. The molecule has 0 aliphatic heterocycles. The predicted molar refractivity (Wildman–Crippen MR) is 115 cm³/mol. The molecule has 35 heavy (non-hydrogen) atoms. The maximum Gasteiger partial charge on any atom is 0.205 e. The lowest BCUT2D eigenvalue weighted by Crippen LogP contribution is -2.46. The molecule has 7 rings (SSSR count). The lowest BCUT2D eigenvalue weighted by molar-refractivity contribution is 0.123. The van der Waals surface area contributed by atoms with Gasteiger partial charge in [0.15, 0.2) is 23.0 Å². The highest BCUT2D eigenvalue weighted by Crippen LogP contribution is 2.59. The Labute approximate surface area is 197 Å². The molecule has 0 saturated heterocycles. The summed E-state index contributed by atoms with van der Waals surface area (Å²) in [7, 11) is -5.85. The Kier molecular flexibility index (Phi) is 4.46. The first-order chi connectivity index (χ1) is 16.7. The van der Waals surface area contributed by atoms with Crippen LogP contribution in [-0.2, 0) is 15.7 Å². The number of ether oxygens (including phenoxy) is 1. The van der Waals surface area contributed by atoms with Gasteiger partial charge in [0, 0.05) is 22.6 Å². The SMILES string of the molecule is O=S(=O)([O-])c1c(F)c(F)c(OC23c4ccccc4C(c4ccccc42)c2ccccc23)c(F)c1F. The van der Waals surface area contributed by atoms with E-state index in [2.05, 4.69) is 0 Å². The minimum Gasteiger partial charge on any atom is -0.744 e. The van der Waals surface area contributed by atoms with E-state index in [4.69, 9.17) is 4.74 Å². The Balaban J connectivity index is 1.72. The summed E-state index contributed by atoms with van der Waals surface area (Å²) in [6.07, 6.45) is 0. The zero-order valence-electron chi connectivity index (χ0n) is 17.6. The van der Waals surface area contributed by atoms with Crippen LogP contribution >= 0.6 is 0 Å². The minimum absolute atomic E-state index is 0.208. The van der Waals surface area contributed by atoms with E-state index in [0.717, 1.165) is 16.7 Å². The average molecular weight is 497 g/mol. The first kappa shape index (κ1) is 21.8. The van der Waals surface area contributed by atoms with Crippen LogP contribution in [0.1, 0.15) is 39.3 Å². The summed E-state index contributed by atoms with van der Waals surface area (Å²) in [5.41, 5.74) is 2.19. The van der Waals surface area contributed by atoms with Gasteiger partial charge in [-0.3, -0.25) is 0 Å². The summed E-state index contributed by atoms with van der Waals surface area (Å²) >= 11 is 0. The molecule has 176 valence electrons. The number of rotatable bonds is 3. The van der Waals surface area contributed by atoms with Crippen LogP contribution in [0.25, 0.3) is 0 Å². The molecule has 0 aromatic heterocycles. The molecule has 2 bridgehead atoms. The van der Waals surface area contributed by atoms with E-state index in [9.17, 15) is 21.8 Å². The van der Waals surface area contributed by atoms with Gasteiger partial charge in [0.2, 0.25) is 11.6 Å². The summed E-state index contributed by atoms with van der Waals surface area (Å²) in [6, 6.07) is 21.1. The summed E-state index contributed by atoms with van der Waals surface area (Å²) in [6.45, 7) is 0. The molecule has 0 radical (unpaired) electrons.